The Labute approximate surface area is 125 Å². The molecule has 1 heterocycles. The molecule has 2 N–H and O–H groups in total. The number of para-hydroxylation sites is 1. The maximum atomic E-state index is 12.5. The van der Waals surface area contributed by atoms with Crippen molar-refractivity contribution in [3.8, 4) is 0 Å². The van der Waals surface area contributed by atoms with Crippen molar-refractivity contribution in [1.82, 2.24) is 0 Å². The number of hydrogen-bond acceptors (Lipinski definition) is 4. The lowest BCUT2D eigenvalue weighted by Crippen LogP contribution is -2.31. The minimum atomic E-state index is -3.15. The van der Waals surface area contributed by atoms with Crippen LogP contribution in [0.2, 0.25) is 0 Å². The van der Waals surface area contributed by atoms with Crippen molar-refractivity contribution >= 4 is 20.8 Å². The molecule has 1 fully saturated rings. The summed E-state index contributed by atoms with van der Waals surface area (Å²) >= 11 is 0. The lowest BCUT2D eigenvalue weighted by molar-refractivity contribution is 0.473. The zero-order chi connectivity index (χ0) is 14.9. The normalized spacial score (nSPS) is 18.9. The lowest BCUT2D eigenvalue weighted by atomic mass is 10.0. The Morgan fingerprint density at radius 2 is 1.90 bits per heavy atom. The van der Waals surface area contributed by atoms with Crippen LogP contribution in [0.4, 0.5) is 0 Å². The van der Waals surface area contributed by atoms with Crippen molar-refractivity contribution < 1.29 is 12.8 Å². The average Bonchev–Trinajstić information content (AvgIpc) is 2.92. The number of fused-ring (bicyclic) bond motifs is 1. The summed E-state index contributed by atoms with van der Waals surface area (Å²) in [4.78, 5) is 0. The molecule has 1 aliphatic rings. The molecule has 5 heteroatoms. The van der Waals surface area contributed by atoms with Crippen LogP contribution >= 0.6 is 0 Å². The predicted molar refractivity (Wildman–Crippen MR) is 83.8 cm³/mol. The topological polar surface area (TPSA) is 73.3 Å². The maximum Gasteiger partial charge on any atom is 0.155 e. The smallest absolute Gasteiger partial charge is 0.155 e. The highest BCUT2D eigenvalue weighted by Gasteiger charge is 2.30. The van der Waals surface area contributed by atoms with Gasteiger partial charge in [-0.2, -0.15) is 0 Å². The van der Waals surface area contributed by atoms with Crippen LogP contribution < -0.4 is 5.73 Å². The second kappa shape index (κ2) is 5.81. The number of rotatable bonds is 4. The first-order chi connectivity index (χ1) is 10.1. The first-order valence-corrected chi connectivity index (χ1v) is 9.23. The van der Waals surface area contributed by atoms with E-state index in [1.807, 2.05) is 30.3 Å². The molecule has 21 heavy (non-hydrogen) atoms. The van der Waals surface area contributed by atoms with Crippen molar-refractivity contribution in [3.05, 3.63) is 36.1 Å². The van der Waals surface area contributed by atoms with E-state index in [9.17, 15) is 8.42 Å². The number of nitrogens with two attached hydrogens (primary N) is 1. The molecule has 1 aromatic heterocycles. The van der Waals surface area contributed by atoms with E-state index in [2.05, 4.69) is 0 Å². The van der Waals surface area contributed by atoms with E-state index in [1.54, 1.807) is 0 Å². The molecular weight excluding hydrogens is 286 g/mol. The fourth-order valence-corrected chi connectivity index (χ4v) is 5.07. The van der Waals surface area contributed by atoms with Gasteiger partial charge in [0, 0.05) is 5.39 Å². The Morgan fingerprint density at radius 1 is 1.19 bits per heavy atom. The Kier molecular flexibility index (Phi) is 4.04. The molecule has 1 atom stereocenters. The Bertz CT molecular complexity index is 681. The minimum Gasteiger partial charge on any atom is -0.459 e. The van der Waals surface area contributed by atoms with Crippen LogP contribution in [0, 0.1) is 0 Å². The van der Waals surface area contributed by atoms with E-state index < -0.39 is 15.9 Å². The van der Waals surface area contributed by atoms with Crippen LogP contribution in [0.15, 0.2) is 34.7 Å². The van der Waals surface area contributed by atoms with Crippen molar-refractivity contribution in [2.75, 3.05) is 5.75 Å². The molecule has 4 nitrogen and oxygen atoms in total. The van der Waals surface area contributed by atoms with Crippen LogP contribution in [-0.4, -0.2) is 19.4 Å². The van der Waals surface area contributed by atoms with Crippen LogP contribution in [0.1, 0.15) is 43.9 Å². The lowest BCUT2D eigenvalue weighted by Gasteiger charge is -2.22. The monoisotopic (exact) mass is 307 g/mol. The second-order valence-corrected chi connectivity index (χ2v) is 8.21. The van der Waals surface area contributed by atoms with Gasteiger partial charge in [-0.15, -0.1) is 0 Å². The predicted octanol–water partition coefficient (Wildman–Crippen LogP) is 3.18. The zero-order valence-corrected chi connectivity index (χ0v) is 12.8. The van der Waals surface area contributed by atoms with Gasteiger partial charge >= 0.3 is 0 Å². The molecule has 1 aliphatic carbocycles. The Morgan fingerprint density at radius 3 is 2.62 bits per heavy atom. The van der Waals surface area contributed by atoms with Gasteiger partial charge in [-0.05, 0) is 25.0 Å². The largest absolute Gasteiger partial charge is 0.459 e. The van der Waals surface area contributed by atoms with Gasteiger partial charge in [0.2, 0.25) is 0 Å². The summed E-state index contributed by atoms with van der Waals surface area (Å²) < 4.78 is 30.6. The van der Waals surface area contributed by atoms with E-state index in [0.717, 1.165) is 43.1 Å². The quantitative estimate of drug-likeness (QED) is 0.941. The van der Waals surface area contributed by atoms with E-state index in [4.69, 9.17) is 10.2 Å². The second-order valence-electron chi connectivity index (χ2n) is 5.88. The van der Waals surface area contributed by atoms with Gasteiger partial charge < -0.3 is 10.2 Å². The molecule has 0 spiro atoms. The van der Waals surface area contributed by atoms with E-state index >= 15 is 0 Å². The summed E-state index contributed by atoms with van der Waals surface area (Å²) in [5, 5.41) is 0.736. The maximum absolute atomic E-state index is 12.5. The third-order valence-electron chi connectivity index (χ3n) is 4.28. The van der Waals surface area contributed by atoms with Gasteiger partial charge in [-0.25, -0.2) is 8.42 Å². The van der Waals surface area contributed by atoms with Crippen molar-refractivity contribution in [3.63, 3.8) is 0 Å². The molecule has 1 aromatic carbocycles. The van der Waals surface area contributed by atoms with Gasteiger partial charge in [0.25, 0.3) is 0 Å². The average molecular weight is 307 g/mol. The van der Waals surface area contributed by atoms with Crippen molar-refractivity contribution in [1.29, 1.82) is 0 Å². The van der Waals surface area contributed by atoms with E-state index in [0.29, 0.717) is 5.76 Å². The molecule has 1 unspecified atom stereocenters. The summed E-state index contributed by atoms with van der Waals surface area (Å²) in [6.45, 7) is 0. The third kappa shape index (κ3) is 3.14. The van der Waals surface area contributed by atoms with Gasteiger partial charge in [-0.3, -0.25) is 0 Å². The highest BCUT2D eigenvalue weighted by Crippen LogP contribution is 2.28. The summed E-state index contributed by atoms with van der Waals surface area (Å²) in [6, 6.07) is 8.86. The molecule has 1 saturated carbocycles. The summed E-state index contributed by atoms with van der Waals surface area (Å²) in [5.74, 6) is 0.521. The molecule has 0 bridgehead atoms. The van der Waals surface area contributed by atoms with Gasteiger partial charge in [-0.1, -0.05) is 37.5 Å². The van der Waals surface area contributed by atoms with Crippen molar-refractivity contribution in [2.24, 2.45) is 5.73 Å². The van der Waals surface area contributed by atoms with Crippen LogP contribution in [-0.2, 0) is 9.84 Å². The standard InChI is InChI=1S/C16H21NO3S/c17-14(11-21(18,19)13-7-2-1-3-8-13)16-10-12-6-4-5-9-15(12)20-16/h4-6,9-10,13-14H,1-3,7-8,11,17H2. The van der Waals surface area contributed by atoms with Gasteiger partial charge in [0.1, 0.15) is 11.3 Å². The third-order valence-corrected chi connectivity index (χ3v) is 6.59. The van der Waals surface area contributed by atoms with Crippen LogP contribution in [0.3, 0.4) is 0 Å². The highest BCUT2D eigenvalue weighted by molar-refractivity contribution is 7.92. The first-order valence-electron chi connectivity index (χ1n) is 7.52. The summed E-state index contributed by atoms with van der Waals surface area (Å²) in [7, 11) is -3.15. The molecule has 0 radical (unpaired) electrons. The SMILES string of the molecule is NC(CS(=O)(=O)C1CCCCC1)c1cc2ccccc2o1. The Hall–Kier alpha value is -1.33. The van der Waals surface area contributed by atoms with Gasteiger partial charge in [0.05, 0.1) is 17.0 Å². The zero-order valence-electron chi connectivity index (χ0n) is 12.0. The fraction of sp³-hybridized carbons (Fsp3) is 0.500. The van der Waals surface area contributed by atoms with E-state index in [-0.39, 0.29) is 11.0 Å². The first kappa shape index (κ1) is 14.6. The molecule has 3 rings (SSSR count). The number of sulfone groups is 1. The van der Waals surface area contributed by atoms with Crippen LogP contribution in [0.25, 0.3) is 11.0 Å². The summed E-state index contributed by atoms with van der Waals surface area (Å²) in [5.41, 5.74) is 6.83. The summed E-state index contributed by atoms with van der Waals surface area (Å²) in [6.07, 6.45) is 4.69. The highest BCUT2D eigenvalue weighted by atomic mass is 32.2. The minimum absolute atomic E-state index is 0.0303. The van der Waals surface area contributed by atoms with Crippen LogP contribution in [0.5, 0.6) is 0 Å². The number of hydrogen-bond donors (Lipinski definition) is 1. The van der Waals surface area contributed by atoms with Crippen molar-refractivity contribution in [2.45, 2.75) is 43.4 Å². The molecular formula is C16H21NO3S. The Balaban J connectivity index is 1.77. The molecule has 2 aromatic rings. The molecule has 0 saturated heterocycles. The molecule has 0 aliphatic heterocycles. The van der Waals surface area contributed by atoms with E-state index in [1.165, 1.54) is 0 Å². The number of furan rings is 1. The molecule has 114 valence electrons. The fourth-order valence-electron chi connectivity index (χ4n) is 3.08. The van der Waals surface area contributed by atoms with Gasteiger partial charge in [0.15, 0.2) is 9.84 Å². The molecule has 0 amide bonds. The number of benzene rings is 1.